The normalized spacial score (nSPS) is 12.5. The van der Waals surface area contributed by atoms with E-state index in [0.717, 1.165) is 6.42 Å². The Bertz CT molecular complexity index is 1590. The summed E-state index contributed by atoms with van der Waals surface area (Å²) >= 11 is 1.46. The zero-order valence-corrected chi connectivity index (χ0v) is 24.0. The van der Waals surface area contributed by atoms with E-state index in [4.69, 9.17) is 0 Å². The predicted molar refractivity (Wildman–Crippen MR) is 154 cm³/mol. The second-order valence-electron chi connectivity index (χ2n) is 9.65. The molecule has 0 spiro atoms. The van der Waals surface area contributed by atoms with Gasteiger partial charge < -0.3 is 0 Å². The third kappa shape index (κ3) is 4.58. The van der Waals surface area contributed by atoms with Crippen LogP contribution in [0.3, 0.4) is 0 Å². The van der Waals surface area contributed by atoms with Gasteiger partial charge in [0.15, 0.2) is 0 Å². The van der Waals surface area contributed by atoms with Gasteiger partial charge in [-0.3, -0.25) is 0 Å². The first-order valence-electron chi connectivity index (χ1n) is 12.6. The number of fused-ring (bicyclic) bond motifs is 3. The Morgan fingerprint density at radius 1 is 0.694 bits per heavy atom. The van der Waals surface area contributed by atoms with Crippen LogP contribution in [0.1, 0.15) is 45.4 Å². The van der Waals surface area contributed by atoms with Gasteiger partial charge in [0.05, 0.1) is 0 Å². The second-order valence-corrected chi connectivity index (χ2v) is 10.9. The number of hydrogen-bond acceptors (Lipinski definition) is 0. The van der Waals surface area contributed by atoms with Crippen LogP contribution in [0.15, 0.2) is 103 Å². The number of rotatable bonds is 3. The SMILES string of the molecule is Cc1c(C)c(C)c2c([cH-]c3cccc(C)c32)c1C1=CC=CC1.[Zr]=[C](c1ccccc1)c1ccccc1. The first-order valence-corrected chi connectivity index (χ1v) is 13.8. The van der Waals surface area contributed by atoms with Crippen molar-refractivity contribution in [3.05, 3.63) is 142 Å². The zero-order chi connectivity index (χ0) is 25.2. The summed E-state index contributed by atoms with van der Waals surface area (Å²) in [7, 11) is 0. The standard InChI is InChI=1S/C22H21.C13H10.Zr/c1-13-8-7-11-18-12-19-21(17-9-5-6-10-17)15(3)14(2)16(4)22(19)20(13)18;1-3-7-12(8-4-1)11-13-9-5-2-6-10-13;/h5-9,11-12H,10H2,1-4H3;1-10H;/q-1;;. The zero-order valence-electron chi connectivity index (χ0n) is 21.5. The second kappa shape index (κ2) is 10.5. The minimum atomic E-state index is 1.05. The summed E-state index contributed by atoms with van der Waals surface area (Å²) in [6.45, 7) is 9.06. The molecule has 0 aromatic heterocycles. The summed E-state index contributed by atoms with van der Waals surface area (Å²) in [4.78, 5) is 0. The third-order valence-electron chi connectivity index (χ3n) is 7.49. The summed E-state index contributed by atoms with van der Waals surface area (Å²) < 4.78 is 1.42. The summed E-state index contributed by atoms with van der Waals surface area (Å²) in [6, 6.07) is 30.1. The van der Waals surface area contributed by atoms with E-state index in [1.54, 1.807) is 0 Å². The van der Waals surface area contributed by atoms with Crippen LogP contribution in [0.2, 0.25) is 0 Å². The molecule has 5 aromatic rings. The van der Waals surface area contributed by atoms with E-state index in [1.165, 1.54) is 93.5 Å². The molecular weight excluding hydrogens is 512 g/mol. The van der Waals surface area contributed by atoms with Crippen LogP contribution in [-0.2, 0) is 24.2 Å². The fraction of sp³-hybridized carbons (Fsp3) is 0.143. The molecule has 5 aromatic carbocycles. The fourth-order valence-electron chi connectivity index (χ4n) is 5.38. The minimum absolute atomic E-state index is 1.05. The van der Waals surface area contributed by atoms with Crippen LogP contribution < -0.4 is 0 Å². The summed E-state index contributed by atoms with van der Waals surface area (Å²) in [5, 5.41) is 5.70. The van der Waals surface area contributed by atoms with Crippen molar-refractivity contribution in [2.75, 3.05) is 0 Å². The van der Waals surface area contributed by atoms with E-state index in [1.807, 2.05) is 0 Å². The van der Waals surface area contributed by atoms with E-state index < -0.39 is 0 Å². The molecule has 0 radical (unpaired) electrons. The van der Waals surface area contributed by atoms with E-state index in [9.17, 15) is 0 Å². The third-order valence-corrected chi connectivity index (χ3v) is 8.90. The molecule has 6 rings (SSSR count). The van der Waals surface area contributed by atoms with Crippen molar-refractivity contribution in [3.63, 3.8) is 0 Å². The molecule has 0 N–H and O–H groups in total. The van der Waals surface area contributed by atoms with Gasteiger partial charge in [-0.15, -0.1) is 33.7 Å². The Labute approximate surface area is 229 Å². The van der Waals surface area contributed by atoms with Crippen LogP contribution in [0.25, 0.3) is 27.1 Å². The molecule has 1 aliphatic carbocycles. The summed E-state index contributed by atoms with van der Waals surface area (Å²) in [6.07, 6.45) is 7.77. The van der Waals surface area contributed by atoms with Gasteiger partial charge in [0.2, 0.25) is 0 Å². The van der Waals surface area contributed by atoms with Gasteiger partial charge in [-0.05, 0) is 34.1 Å². The first kappa shape index (κ1) is 24.7. The number of hydrogen-bond donors (Lipinski definition) is 0. The maximum absolute atomic E-state index is 2.39. The summed E-state index contributed by atoms with van der Waals surface area (Å²) in [5.74, 6) is 0. The van der Waals surface area contributed by atoms with Crippen molar-refractivity contribution in [2.45, 2.75) is 34.1 Å². The molecule has 176 valence electrons. The predicted octanol–water partition coefficient (Wildman–Crippen LogP) is 9.09. The summed E-state index contributed by atoms with van der Waals surface area (Å²) in [5.41, 5.74) is 11.3. The average Bonchev–Trinajstić information content (AvgIpc) is 3.58. The molecule has 36 heavy (non-hydrogen) atoms. The Hall–Kier alpha value is -3.02. The van der Waals surface area contributed by atoms with Gasteiger partial charge in [-0.25, -0.2) is 0 Å². The molecule has 1 heteroatoms. The molecule has 0 saturated heterocycles. The molecule has 0 aliphatic heterocycles. The molecular formula is C35H31Zr-. The van der Waals surface area contributed by atoms with E-state index in [-0.39, 0.29) is 0 Å². The van der Waals surface area contributed by atoms with Crippen LogP contribution in [0.4, 0.5) is 0 Å². The van der Waals surface area contributed by atoms with Gasteiger partial charge in [-0.2, -0.15) is 0 Å². The van der Waals surface area contributed by atoms with Crippen molar-refractivity contribution in [3.8, 4) is 0 Å². The first-order chi connectivity index (χ1) is 17.5. The van der Waals surface area contributed by atoms with Gasteiger partial charge >= 0.3 is 99.2 Å². The Balaban J connectivity index is 0.000000165. The van der Waals surface area contributed by atoms with Crippen molar-refractivity contribution >= 4 is 30.3 Å². The molecule has 0 saturated carbocycles. The molecule has 0 unspecified atom stereocenters. The number of benzene rings is 4. The Kier molecular flexibility index (Phi) is 7.22. The molecule has 0 fully saturated rings. The van der Waals surface area contributed by atoms with Gasteiger partial charge in [0.25, 0.3) is 0 Å². The van der Waals surface area contributed by atoms with E-state index >= 15 is 0 Å². The van der Waals surface area contributed by atoms with Gasteiger partial charge in [-0.1, -0.05) is 63.8 Å². The molecule has 0 nitrogen and oxygen atoms in total. The van der Waals surface area contributed by atoms with Crippen LogP contribution >= 0.6 is 0 Å². The molecule has 0 amide bonds. The van der Waals surface area contributed by atoms with E-state index in [0.29, 0.717) is 0 Å². The van der Waals surface area contributed by atoms with Crippen molar-refractivity contribution < 1.29 is 24.2 Å². The Morgan fingerprint density at radius 3 is 1.92 bits per heavy atom. The topological polar surface area (TPSA) is 0 Å². The van der Waals surface area contributed by atoms with Crippen molar-refractivity contribution in [1.29, 1.82) is 0 Å². The molecule has 1 aliphatic rings. The Morgan fingerprint density at radius 2 is 1.33 bits per heavy atom. The number of aryl methyl sites for hydroxylation is 2. The molecule has 0 heterocycles. The molecule has 0 atom stereocenters. The molecule has 0 bridgehead atoms. The monoisotopic (exact) mass is 541 g/mol. The fourth-order valence-corrected chi connectivity index (χ4v) is 6.20. The number of allylic oxidation sites excluding steroid dienone is 4. The van der Waals surface area contributed by atoms with Crippen LogP contribution in [0, 0.1) is 27.7 Å². The van der Waals surface area contributed by atoms with Crippen molar-refractivity contribution in [1.82, 2.24) is 0 Å². The maximum atomic E-state index is 2.39. The van der Waals surface area contributed by atoms with Crippen molar-refractivity contribution in [2.24, 2.45) is 0 Å². The van der Waals surface area contributed by atoms with E-state index in [2.05, 4.69) is 131 Å². The van der Waals surface area contributed by atoms with Gasteiger partial charge in [0.1, 0.15) is 0 Å². The van der Waals surface area contributed by atoms with Gasteiger partial charge in [0, 0.05) is 0 Å². The quantitative estimate of drug-likeness (QED) is 0.199. The van der Waals surface area contributed by atoms with Crippen LogP contribution in [-0.4, -0.2) is 3.21 Å². The average molecular weight is 543 g/mol. The van der Waals surface area contributed by atoms with Crippen LogP contribution in [0.5, 0.6) is 0 Å².